The molecule has 0 bridgehead atoms. The van der Waals surface area contributed by atoms with Crippen LogP contribution in [0.2, 0.25) is 0 Å². The van der Waals surface area contributed by atoms with E-state index in [0.29, 0.717) is 17.5 Å². The van der Waals surface area contributed by atoms with Crippen LogP contribution in [0.5, 0.6) is 0 Å². The van der Waals surface area contributed by atoms with Gasteiger partial charge in [0, 0.05) is 18.6 Å². The lowest BCUT2D eigenvalue weighted by Crippen LogP contribution is -2.33. The van der Waals surface area contributed by atoms with E-state index in [1.165, 1.54) is 50.6 Å². The summed E-state index contributed by atoms with van der Waals surface area (Å²) in [6.07, 6.45) is 10.7. The summed E-state index contributed by atoms with van der Waals surface area (Å²) in [7, 11) is 0. The minimum atomic E-state index is 0.500. The summed E-state index contributed by atoms with van der Waals surface area (Å²) in [5.74, 6) is 0. The van der Waals surface area contributed by atoms with Crippen LogP contribution in [0.25, 0.3) is 0 Å². The van der Waals surface area contributed by atoms with Gasteiger partial charge < -0.3 is 0 Å². The van der Waals surface area contributed by atoms with Crippen LogP contribution in [0, 0.1) is 5.41 Å². The summed E-state index contributed by atoms with van der Waals surface area (Å²) >= 11 is 0. The smallest absolute Gasteiger partial charge is 0.0326 e. The van der Waals surface area contributed by atoms with E-state index in [-0.39, 0.29) is 0 Å². The fourth-order valence-electron chi connectivity index (χ4n) is 4.36. The zero-order valence-electron chi connectivity index (χ0n) is 12.7. The summed E-state index contributed by atoms with van der Waals surface area (Å²) in [6.45, 7) is 7.72. The molecule has 1 heteroatoms. The van der Waals surface area contributed by atoms with Gasteiger partial charge >= 0.3 is 0 Å². The van der Waals surface area contributed by atoms with Gasteiger partial charge in [-0.2, -0.15) is 0 Å². The summed E-state index contributed by atoms with van der Waals surface area (Å²) in [6, 6.07) is 12.0. The number of benzene rings is 1. The fraction of sp³-hybridized carbons (Fsp3) is 0.579. The van der Waals surface area contributed by atoms with E-state index in [2.05, 4.69) is 54.8 Å². The highest BCUT2D eigenvalue weighted by molar-refractivity contribution is 5.20. The second kappa shape index (κ2) is 5.73. The average molecular weight is 269 g/mol. The Hall–Kier alpha value is -1.08. The third-order valence-corrected chi connectivity index (χ3v) is 5.55. The highest BCUT2D eigenvalue weighted by Gasteiger charge is 2.44. The van der Waals surface area contributed by atoms with Crippen molar-refractivity contribution in [3.05, 3.63) is 48.6 Å². The molecule has 1 aromatic carbocycles. The highest BCUT2D eigenvalue weighted by atomic mass is 15.2. The molecule has 0 radical (unpaired) electrons. The van der Waals surface area contributed by atoms with Crippen molar-refractivity contribution in [2.75, 3.05) is 6.54 Å². The van der Waals surface area contributed by atoms with Gasteiger partial charge in [0.25, 0.3) is 0 Å². The molecule has 1 nitrogen and oxygen atoms in total. The van der Waals surface area contributed by atoms with Crippen LogP contribution >= 0.6 is 0 Å². The first-order valence-electron chi connectivity index (χ1n) is 8.17. The van der Waals surface area contributed by atoms with Crippen LogP contribution in [0.1, 0.15) is 57.1 Å². The largest absolute Gasteiger partial charge is 0.290 e. The zero-order chi connectivity index (χ0) is 14.0. The van der Waals surface area contributed by atoms with E-state index >= 15 is 0 Å². The molecule has 3 rings (SSSR count). The normalized spacial score (nSPS) is 27.6. The molecule has 1 aliphatic carbocycles. The molecule has 0 amide bonds. The Morgan fingerprint density at radius 1 is 1.20 bits per heavy atom. The first-order chi connectivity index (χ1) is 9.74. The molecular formula is C19H27N. The number of nitrogens with zero attached hydrogens (tertiary/aromatic N) is 1. The number of likely N-dealkylation sites (tertiary alicyclic amines) is 1. The molecule has 2 unspecified atom stereocenters. The Labute approximate surface area is 123 Å². The van der Waals surface area contributed by atoms with Gasteiger partial charge in [0.2, 0.25) is 0 Å². The van der Waals surface area contributed by atoms with E-state index in [1.54, 1.807) is 0 Å². The molecule has 1 aromatic rings. The average Bonchev–Trinajstić information content (AvgIpc) is 2.86. The van der Waals surface area contributed by atoms with Crippen LogP contribution in [0.4, 0.5) is 0 Å². The van der Waals surface area contributed by atoms with Gasteiger partial charge in [0.05, 0.1) is 0 Å². The van der Waals surface area contributed by atoms with Crippen molar-refractivity contribution in [3.63, 3.8) is 0 Å². The van der Waals surface area contributed by atoms with Crippen LogP contribution in [0.3, 0.4) is 0 Å². The zero-order valence-corrected chi connectivity index (χ0v) is 12.7. The van der Waals surface area contributed by atoms with E-state index in [9.17, 15) is 0 Å². The molecule has 0 N–H and O–H groups in total. The minimum Gasteiger partial charge on any atom is -0.290 e. The van der Waals surface area contributed by atoms with Crippen molar-refractivity contribution in [1.82, 2.24) is 4.90 Å². The van der Waals surface area contributed by atoms with Gasteiger partial charge in [-0.15, -0.1) is 6.58 Å². The topological polar surface area (TPSA) is 3.24 Å². The third-order valence-electron chi connectivity index (χ3n) is 5.55. The monoisotopic (exact) mass is 269 g/mol. The fourth-order valence-corrected chi connectivity index (χ4v) is 4.36. The molecular weight excluding hydrogens is 242 g/mol. The van der Waals surface area contributed by atoms with Gasteiger partial charge in [-0.3, -0.25) is 4.90 Å². The Kier molecular flexibility index (Phi) is 3.98. The number of rotatable bonds is 3. The molecule has 2 atom stereocenters. The van der Waals surface area contributed by atoms with E-state index in [1.807, 2.05) is 0 Å². The quantitative estimate of drug-likeness (QED) is 0.701. The summed E-state index contributed by atoms with van der Waals surface area (Å²) in [5, 5.41) is 0. The second-order valence-corrected chi connectivity index (χ2v) is 6.83. The molecule has 20 heavy (non-hydrogen) atoms. The van der Waals surface area contributed by atoms with Gasteiger partial charge in [-0.05, 0) is 37.2 Å². The predicted molar refractivity (Wildman–Crippen MR) is 85.7 cm³/mol. The van der Waals surface area contributed by atoms with Gasteiger partial charge in [0.1, 0.15) is 0 Å². The third kappa shape index (κ3) is 2.56. The molecule has 2 fully saturated rings. The second-order valence-electron chi connectivity index (χ2n) is 6.83. The van der Waals surface area contributed by atoms with E-state index in [4.69, 9.17) is 0 Å². The lowest BCUT2D eigenvalue weighted by atomic mass is 9.73. The predicted octanol–water partition coefficient (Wildman–Crippen LogP) is 4.96. The number of hydrogen-bond acceptors (Lipinski definition) is 1. The molecule has 1 spiro atoms. The van der Waals surface area contributed by atoms with Crippen molar-refractivity contribution in [2.24, 2.45) is 5.41 Å². The summed E-state index contributed by atoms with van der Waals surface area (Å²) in [5.41, 5.74) is 2.02. The summed E-state index contributed by atoms with van der Waals surface area (Å²) < 4.78 is 0. The van der Waals surface area contributed by atoms with Crippen molar-refractivity contribution in [3.8, 4) is 0 Å². The minimum absolute atomic E-state index is 0.500. The van der Waals surface area contributed by atoms with Crippen molar-refractivity contribution in [1.29, 1.82) is 0 Å². The Morgan fingerprint density at radius 2 is 1.90 bits per heavy atom. The van der Waals surface area contributed by atoms with Crippen molar-refractivity contribution >= 4 is 0 Å². The molecule has 108 valence electrons. The standard InChI is InChI=1S/C19H27N/c1-3-18-14-19(12-8-5-9-13-19)15-20(18)16(2)17-10-6-4-7-11-17/h3-4,6-7,10-11,16,18H,1,5,8-9,12-15H2,2H3. The molecule has 1 saturated heterocycles. The first-order valence-corrected chi connectivity index (χ1v) is 8.17. The maximum atomic E-state index is 4.11. The van der Waals surface area contributed by atoms with Crippen LogP contribution in [-0.4, -0.2) is 17.5 Å². The van der Waals surface area contributed by atoms with E-state index in [0.717, 1.165) is 0 Å². The molecule has 2 aliphatic rings. The van der Waals surface area contributed by atoms with Crippen LogP contribution < -0.4 is 0 Å². The lowest BCUT2D eigenvalue weighted by molar-refractivity contribution is 0.161. The highest BCUT2D eigenvalue weighted by Crippen LogP contribution is 2.48. The van der Waals surface area contributed by atoms with Gasteiger partial charge in [0.15, 0.2) is 0 Å². The maximum absolute atomic E-state index is 4.11. The lowest BCUT2D eigenvalue weighted by Gasteiger charge is -2.34. The number of hydrogen-bond donors (Lipinski definition) is 0. The van der Waals surface area contributed by atoms with E-state index < -0.39 is 0 Å². The van der Waals surface area contributed by atoms with Crippen molar-refractivity contribution < 1.29 is 0 Å². The molecule has 0 aromatic heterocycles. The Morgan fingerprint density at radius 3 is 2.55 bits per heavy atom. The van der Waals surface area contributed by atoms with Crippen LogP contribution in [-0.2, 0) is 0 Å². The molecule has 1 heterocycles. The Bertz CT molecular complexity index is 444. The van der Waals surface area contributed by atoms with Gasteiger partial charge in [-0.1, -0.05) is 55.7 Å². The van der Waals surface area contributed by atoms with Gasteiger partial charge in [-0.25, -0.2) is 0 Å². The van der Waals surface area contributed by atoms with Crippen LogP contribution in [0.15, 0.2) is 43.0 Å². The SMILES string of the molecule is C=CC1CC2(CCCCC2)CN1C(C)c1ccccc1. The summed E-state index contributed by atoms with van der Waals surface area (Å²) in [4.78, 5) is 2.69. The Balaban J connectivity index is 1.79. The molecule has 1 aliphatic heterocycles. The van der Waals surface area contributed by atoms with Crippen molar-refractivity contribution in [2.45, 2.75) is 57.5 Å². The maximum Gasteiger partial charge on any atom is 0.0326 e. The first kappa shape index (κ1) is 13.9. The molecule has 1 saturated carbocycles.